The average Bonchev–Trinajstić information content (AvgIpc) is 3.28. The quantitative estimate of drug-likeness (QED) is 0.128. The van der Waals surface area contributed by atoms with E-state index in [2.05, 4.69) is 49.4 Å². The maximum Gasteiger partial charge on any atom is 0.386 e. The van der Waals surface area contributed by atoms with Crippen LogP contribution in [0.1, 0.15) is 18.7 Å². The number of nitrogen functional groups attached to an aromatic ring is 2. The zero-order valence-electron chi connectivity index (χ0n) is 23.0. The van der Waals surface area contributed by atoms with Gasteiger partial charge in [-0.25, -0.2) is 34.0 Å². The molecule has 4 aliphatic rings. The fourth-order valence-corrected chi connectivity index (χ4v) is 9.84. The highest BCUT2D eigenvalue weighted by atomic mass is 32.7. The number of pyridine rings is 1. The van der Waals surface area contributed by atoms with Gasteiger partial charge in [0.1, 0.15) is 47.9 Å². The van der Waals surface area contributed by atoms with Gasteiger partial charge in [0.2, 0.25) is 0 Å². The highest BCUT2D eigenvalue weighted by molar-refractivity contribution is 8.44. The van der Waals surface area contributed by atoms with E-state index in [9.17, 15) is 19.3 Å². The smallest absolute Gasteiger partial charge is 0.386 e. The number of nitrogens with zero attached hydrogens (tertiary/aromatic N) is 7. The normalized spacial score (nSPS) is 41.7. The van der Waals surface area contributed by atoms with Gasteiger partial charge in [-0.1, -0.05) is 24.5 Å². The molecule has 2 saturated carbocycles. The Bertz CT molecular complexity index is 1930. The second-order valence-electron chi connectivity index (χ2n) is 11.5. The van der Waals surface area contributed by atoms with Crippen molar-refractivity contribution in [2.75, 3.05) is 24.7 Å². The molecule has 240 valence electrons. The lowest BCUT2D eigenvalue weighted by Crippen LogP contribution is -2.37. The van der Waals surface area contributed by atoms with Crippen LogP contribution in [0.2, 0.25) is 0 Å². The standard InChI is InChI=1S/C23H27N9O9P2S2/c24-10-1-2-26-20-12(10)29-8-32(20)22-17-15(33)11(39-22)4-37-42(35,44)41-18-16(34)14(9-3-23(9,18)5-38-43(36,45)40-17)31-7-30-13-19(25)27-6-28-21(13)31/h1-2,6-9,11,14-18,22,33-34H,3-5H2,(H2,24,26)(H,35,44)(H,36,45)(H2,25,27,28)/t9-,11-,14-,15-,16+,17-,18+,22-,23+,42-,43+/m1/s1. The van der Waals surface area contributed by atoms with Gasteiger partial charge in [-0.15, -0.1) is 0 Å². The molecule has 1 spiro atoms. The van der Waals surface area contributed by atoms with E-state index in [-0.39, 0.29) is 18.3 Å². The fraction of sp³-hybridized carbons (Fsp3) is 0.522. The maximum absolute atomic E-state index is 13.7. The van der Waals surface area contributed by atoms with Crippen molar-refractivity contribution in [1.82, 2.24) is 34.1 Å². The third-order valence-corrected chi connectivity index (χ3v) is 12.2. The number of rotatable bonds is 2. The largest absolute Gasteiger partial charge is 0.397 e. The molecule has 2 aliphatic heterocycles. The second kappa shape index (κ2) is 10.3. The Morgan fingerprint density at radius 1 is 0.933 bits per heavy atom. The van der Waals surface area contributed by atoms with Crippen LogP contribution in [0.15, 0.2) is 31.2 Å². The SMILES string of the molecule is Nc1ncnc2c1ncn2[C@H]1[C@H](O)[C@@H]2O[P@](=O)(S)OC[C@H]3O[C@@H](n4cnc5c(N)ccnc54)[C@H](O[P@@](=O)(S)OC[C@]24C[C@H]14)[C@@H]3O. The van der Waals surface area contributed by atoms with Crippen LogP contribution in [0.5, 0.6) is 0 Å². The fourth-order valence-electron chi connectivity index (χ4n) is 6.82. The number of ether oxygens (including phenoxy) is 1. The van der Waals surface area contributed by atoms with Crippen molar-refractivity contribution >= 4 is 71.9 Å². The molecular formula is C23H27N9O9P2S2. The molecule has 18 nitrogen and oxygen atoms in total. The minimum atomic E-state index is -4.23. The van der Waals surface area contributed by atoms with Gasteiger partial charge in [0.15, 0.2) is 23.3 Å². The van der Waals surface area contributed by atoms with Crippen molar-refractivity contribution in [3.05, 3.63) is 31.2 Å². The molecule has 0 amide bonds. The van der Waals surface area contributed by atoms with Crippen molar-refractivity contribution in [2.45, 2.75) is 49.2 Å². The third-order valence-electron chi connectivity index (χ3n) is 9.00. The molecule has 11 atom stereocenters. The number of imidazole rings is 2. The molecule has 2 bridgehead atoms. The summed E-state index contributed by atoms with van der Waals surface area (Å²) >= 11 is 8.41. The number of thiol groups is 2. The number of aromatic nitrogens is 7. The molecule has 6 heterocycles. The summed E-state index contributed by atoms with van der Waals surface area (Å²) in [6, 6.07) is 0.910. The summed E-state index contributed by atoms with van der Waals surface area (Å²) in [7, 11) is 0. The Balaban J connectivity index is 1.14. The summed E-state index contributed by atoms with van der Waals surface area (Å²) in [4.78, 5) is 21.1. The van der Waals surface area contributed by atoms with Gasteiger partial charge < -0.3 is 35.5 Å². The molecule has 4 aromatic rings. The van der Waals surface area contributed by atoms with Crippen LogP contribution >= 0.6 is 38.1 Å². The third kappa shape index (κ3) is 4.73. The van der Waals surface area contributed by atoms with E-state index in [1.807, 2.05) is 0 Å². The number of hydrogen-bond donors (Lipinski definition) is 6. The summed E-state index contributed by atoms with van der Waals surface area (Å²) in [5.74, 6) is -0.162. The van der Waals surface area contributed by atoms with E-state index < -0.39 is 68.4 Å². The molecule has 45 heavy (non-hydrogen) atoms. The Morgan fingerprint density at radius 3 is 2.49 bits per heavy atom. The molecule has 6 N–H and O–H groups in total. The first-order chi connectivity index (χ1) is 21.4. The molecule has 4 fully saturated rings. The Morgan fingerprint density at radius 2 is 1.67 bits per heavy atom. The monoisotopic (exact) mass is 699 g/mol. The lowest BCUT2D eigenvalue weighted by atomic mass is 10.0. The van der Waals surface area contributed by atoms with Crippen molar-refractivity contribution in [1.29, 1.82) is 0 Å². The second-order valence-corrected chi connectivity index (χ2v) is 17.2. The zero-order chi connectivity index (χ0) is 31.5. The van der Waals surface area contributed by atoms with E-state index in [1.165, 1.54) is 29.7 Å². The van der Waals surface area contributed by atoms with E-state index in [0.29, 0.717) is 34.4 Å². The molecule has 4 aromatic heterocycles. The molecule has 22 heteroatoms. The first kappa shape index (κ1) is 30.0. The van der Waals surface area contributed by atoms with Crippen LogP contribution < -0.4 is 11.5 Å². The van der Waals surface area contributed by atoms with E-state index >= 15 is 0 Å². The van der Waals surface area contributed by atoms with Crippen molar-refractivity contribution in [3.8, 4) is 0 Å². The van der Waals surface area contributed by atoms with Crippen LogP contribution in [0.25, 0.3) is 22.3 Å². The van der Waals surface area contributed by atoms with Crippen molar-refractivity contribution < 1.29 is 42.2 Å². The first-order valence-corrected chi connectivity index (χ1v) is 19.1. The van der Waals surface area contributed by atoms with Crippen LogP contribution in [0.4, 0.5) is 11.5 Å². The molecule has 0 unspecified atom stereocenters. The van der Waals surface area contributed by atoms with Crippen molar-refractivity contribution in [2.24, 2.45) is 11.3 Å². The first-order valence-electron chi connectivity index (χ1n) is 13.7. The number of anilines is 2. The van der Waals surface area contributed by atoms with Gasteiger partial charge in [0.05, 0.1) is 37.6 Å². The molecular weight excluding hydrogens is 672 g/mol. The minimum absolute atomic E-state index is 0.167. The topological polar surface area (TPSA) is 247 Å². The zero-order valence-corrected chi connectivity index (χ0v) is 26.5. The summed E-state index contributed by atoms with van der Waals surface area (Å²) in [5.41, 5.74) is 12.8. The van der Waals surface area contributed by atoms with Crippen LogP contribution in [-0.4, -0.2) is 88.0 Å². The predicted octanol–water partition coefficient (Wildman–Crippen LogP) is 1.51. The van der Waals surface area contributed by atoms with E-state index in [4.69, 9.17) is 34.3 Å². The lowest BCUT2D eigenvalue weighted by molar-refractivity contribution is -0.0554. The highest BCUT2D eigenvalue weighted by Gasteiger charge is 2.74. The average molecular weight is 700 g/mol. The maximum atomic E-state index is 13.7. The number of nitrogens with two attached hydrogens (primary N) is 2. The molecule has 0 radical (unpaired) electrons. The molecule has 2 aliphatic carbocycles. The number of hydrogen-bond acceptors (Lipinski definition) is 16. The Labute approximate surface area is 264 Å². The van der Waals surface area contributed by atoms with Gasteiger partial charge >= 0.3 is 13.6 Å². The minimum Gasteiger partial charge on any atom is -0.397 e. The molecule has 8 rings (SSSR count). The number of aliphatic hydroxyl groups excluding tert-OH is 2. The van der Waals surface area contributed by atoms with Crippen LogP contribution in [0.3, 0.4) is 0 Å². The van der Waals surface area contributed by atoms with E-state index in [1.54, 1.807) is 10.6 Å². The summed E-state index contributed by atoms with van der Waals surface area (Å²) in [6.45, 7) is -9.19. The van der Waals surface area contributed by atoms with Crippen molar-refractivity contribution in [3.63, 3.8) is 0 Å². The van der Waals surface area contributed by atoms with Gasteiger partial charge in [0, 0.05) is 11.6 Å². The van der Waals surface area contributed by atoms with Gasteiger partial charge in [-0.05, 0) is 18.4 Å². The number of aliphatic hydroxyl groups is 2. The Kier molecular flexibility index (Phi) is 6.89. The summed E-state index contributed by atoms with van der Waals surface area (Å²) in [6.07, 6.45) is -1.46. The van der Waals surface area contributed by atoms with Gasteiger partial charge in [0.25, 0.3) is 0 Å². The van der Waals surface area contributed by atoms with Crippen LogP contribution in [0, 0.1) is 11.3 Å². The summed E-state index contributed by atoms with van der Waals surface area (Å²) < 4.78 is 59.7. The van der Waals surface area contributed by atoms with Gasteiger partial charge in [-0.3, -0.25) is 18.1 Å². The lowest BCUT2D eigenvalue weighted by Gasteiger charge is -2.31. The molecule has 0 aromatic carbocycles. The summed E-state index contributed by atoms with van der Waals surface area (Å²) in [5, 5.41) is 22.8. The Hall–Kier alpha value is -2.35. The van der Waals surface area contributed by atoms with E-state index in [0.717, 1.165) is 0 Å². The number of fused-ring (bicyclic) bond motifs is 4. The van der Waals surface area contributed by atoms with Gasteiger partial charge in [-0.2, -0.15) is 0 Å². The predicted molar refractivity (Wildman–Crippen MR) is 162 cm³/mol. The molecule has 2 saturated heterocycles. The van der Waals surface area contributed by atoms with Crippen LogP contribution in [-0.2, 0) is 32.0 Å². The highest BCUT2D eigenvalue weighted by Crippen LogP contribution is 2.73.